The van der Waals surface area contributed by atoms with Crippen LogP contribution in [0.2, 0.25) is 5.15 Å². The number of halogens is 2. The van der Waals surface area contributed by atoms with E-state index in [2.05, 4.69) is 10.3 Å². The second-order valence-corrected chi connectivity index (χ2v) is 7.11. The molecule has 0 radical (unpaired) electrons. The van der Waals surface area contributed by atoms with Gasteiger partial charge in [0, 0.05) is 19.0 Å². The van der Waals surface area contributed by atoms with Crippen LogP contribution in [0.3, 0.4) is 0 Å². The van der Waals surface area contributed by atoms with E-state index in [1.54, 1.807) is 6.08 Å². The van der Waals surface area contributed by atoms with Crippen LogP contribution in [0.1, 0.15) is 40.2 Å². The zero-order valence-electron chi connectivity index (χ0n) is 14.4. The number of nitrogens with one attached hydrogen (secondary N) is 1. The van der Waals surface area contributed by atoms with Gasteiger partial charge in [-0.15, -0.1) is 0 Å². The molecule has 1 N–H and O–H groups in total. The summed E-state index contributed by atoms with van der Waals surface area (Å²) < 4.78 is 25.5. The van der Waals surface area contributed by atoms with Crippen LogP contribution < -0.4 is 5.32 Å². The normalized spacial score (nSPS) is 19.5. The van der Waals surface area contributed by atoms with Crippen molar-refractivity contribution in [2.45, 2.75) is 45.8 Å². The molecule has 1 aromatic heterocycles. The highest BCUT2D eigenvalue weighted by molar-refractivity contribution is 6.56. The summed E-state index contributed by atoms with van der Waals surface area (Å²) in [5, 5.41) is 2.87. The Balaban J connectivity index is 2.37. The highest BCUT2D eigenvalue weighted by Gasteiger charge is 2.52. The van der Waals surface area contributed by atoms with Gasteiger partial charge < -0.3 is 14.6 Å². The topological polar surface area (TPSA) is 60.5 Å². The Morgan fingerprint density at radius 3 is 2.50 bits per heavy atom. The first-order chi connectivity index (χ1) is 11.0. The predicted molar refractivity (Wildman–Crippen MR) is 91.9 cm³/mol. The molecule has 130 valence electrons. The van der Waals surface area contributed by atoms with E-state index in [9.17, 15) is 9.18 Å². The van der Waals surface area contributed by atoms with Crippen molar-refractivity contribution in [3.63, 3.8) is 0 Å². The average Bonchev–Trinajstić information content (AvgIpc) is 2.66. The highest BCUT2D eigenvalue weighted by Crippen LogP contribution is 2.38. The number of rotatable bonds is 4. The maximum absolute atomic E-state index is 13.5. The monoisotopic (exact) mass is 354 g/mol. The van der Waals surface area contributed by atoms with E-state index in [0.717, 1.165) is 6.20 Å². The first kappa shape index (κ1) is 18.9. The van der Waals surface area contributed by atoms with Crippen molar-refractivity contribution in [3.05, 3.63) is 34.3 Å². The smallest absolute Gasteiger partial charge is 0.400 e. The maximum atomic E-state index is 13.5. The molecule has 5 nitrogen and oxygen atoms in total. The molecule has 1 aliphatic rings. The Hall–Kier alpha value is -1.44. The molecule has 0 saturated carbocycles. The molecular formula is C16H21BClFN2O3. The lowest BCUT2D eigenvalue weighted by atomic mass is 9.77. The van der Waals surface area contributed by atoms with E-state index in [0.29, 0.717) is 11.0 Å². The SMILES string of the molecule is CC(=O)NCC(=Cc1cc(F)cnc1Cl)B1OC(C)(C)C(C)(C)O1. The van der Waals surface area contributed by atoms with Gasteiger partial charge in [-0.25, -0.2) is 9.37 Å². The molecule has 0 unspecified atom stereocenters. The van der Waals surface area contributed by atoms with E-state index in [4.69, 9.17) is 20.9 Å². The molecular weight excluding hydrogens is 333 g/mol. The van der Waals surface area contributed by atoms with Gasteiger partial charge in [-0.1, -0.05) is 17.7 Å². The lowest BCUT2D eigenvalue weighted by Gasteiger charge is -2.32. The van der Waals surface area contributed by atoms with Crippen LogP contribution in [0.5, 0.6) is 0 Å². The Kier molecular flexibility index (Phi) is 5.37. The molecule has 1 amide bonds. The Morgan fingerprint density at radius 2 is 1.96 bits per heavy atom. The summed E-state index contributed by atoms with van der Waals surface area (Å²) in [5.74, 6) is -0.695. The minimum absolute atomic E-state index is 0.160. The van der Waals surface area contributed by atoms with E-state index < -0.39 is 24.1 Å². The van der Waals surface area contributed by atoms with Crippen molar-refractivity contribution in [3.8, 4) is 0 Å². The Bertz CT molecular complexity index is 663. The van der Waals surface area contributed by atoms with Crippen LogP contribution in [0.15, 0.2) is 17.7 Å². The van der Waals surface area contributed by atoms with E-state index >= 15 is 0 Å². The summed E-state index contributed by atoms with van der Waals surface area (Å²) in [6, 6.07) is 1.27. The number of carbonyl (C=O) groups excluding carboxylic acids is 1. The van der Waals surface area contributed by atoms with Crippen molar-refractivity contribution in [2.75, 3.05) is 6.54 Å². The molecule has 2 rings (SSSR count). The molecule has 24 heavy (non-hydrogen) atoms. The van der Waals surface area contributed by atoms with Crippen molar-refractivity contribution in [2.24, 2.45) is 0 Å². The van der Waals surface area contributed by atoms with Crippen molar-refractivity contribution in [1.29, 1.82) is 0 Å². The van der Waals surface area contributed by atoms with Crippen LogP contribution in [0.25, 0.3) is 6.08 Å². The highest BCUT2D eigenvalue weighted by atomic mass is 35.5. The van der Waals surface area contributed by atoms with Gasteiger partial charge in [0.25, 0.3) is 0 Å². The van der Waals surface area contributed by atoms with Gasteiger partial charge in [-0.2, -0.15) is 0 Å². The largest absolute Gasteiger partial charge is 0.492 e. The Morgan fingerprint density at radius 1 is 1.38 bits per heavy atom. The van der Waals surface area contributed by atoms with Gasteiger partial charge in [0.15, 0.2) is 0 Å². The molecule has 1 fully saturated rings. The van der Waals surface area contributed by atoms with E-state index in [1.807, 2.05) is 27.7 Å². The predicted octanol–water partition coefficient (Wildman–Crippen LogP) is 3.03. The Labute approximate surface area is 146 Å². The third-order valence-electron chi connectivity index (χ3n) is 4.27. The number of amides is 1. The summed E-state index contributed by atoms with van der Waals surface area (Å²) in [7, 11) is -0.679. The quantitative estimate of drug-likeness (QED) is 0.667. The van der Waals surface area contributed by atoms with Crippen molar-refractivity contribution >= 4 is 30.7 Å². The number of hydrogen-bond donors (Lipinski definition) is 1. The first-order valence-corrected chi connectivity index (χ1v) is 8.01. The molecule has 0 aromatic carbocycles. The number of pyridine rings is 1. The maximum Gasteiger partial charge on any atom is 0.492 e. The minimum Gasteiger partial charge on any atom is -0.400 e. The van der Waals surface area contributed by atoms with Gasteiger partial charge in [0.2, 0.25) is 5.91 Å². The van der Waals surface area contributed by atoms with Crippen LogP contribution >= 0.6 is 11.6 Å². The molecule has 2 heterocycles. The summed E-state index contributed by atoms with van der Waals surface area (Å²) >= 11 is 6.03. The summed E-state index contributed by atoms with van der Waals surface area (Å²) in [6.07, 6.45) is 2.68. The van der Waals surface area contributed by atoms with Gasteiger partial charge in [0.05, 0.1) is 17.4 Å². The van der Waals surface area contributed by atoms with Gasteiger partial charge >= 0.3 is 7.12 Å². The molecule has 8 heteroatoms. The van der Waals surface area contributed by atoms with Gasteiger partial charge in [-0.3, -0.25) is 4.79 Å². The fraction of sp³-hybridized carbons (Fsp3) is 0.500. The standard InChI is InChI=1S/C16H21BClFN2O3/c1-10(22)20-8-12(6-11-7-13(19)9-21-14(11)18)17-23-15(2,3)16(4,5)24-17/h6-7,9H,8H2,1-5H3,(H,20,22). The van der Waals surface area contributed by atoms with Crippen LogP contribution in [0.4, 0.5) is 4.39 Å². The van der Waals surface area contributed by atoms with Crippen molar-refractivity contribution < 1.29 is 18.5 Å². The van der Waals surface area contributed by atoms with Crippen LogP contribution in [-0.2, 0) is 14.1 Å². The minimum atomic E-state index is -0.679. The fourth-order valence-electron chi connectivity index (χ4n) is 2.16. The molecule has 1 aliphatic heterocycles. The van der Waals surface area contributed by atoms with Crippen LogP contribution in [0, 0.1) is 5.82 Å². The van der Waals surface area contributed by atoms with E-state index in [1.165, 1.54) is 13.0 Å². The molecule has 0 bridgehead atoms. The summed E-state index contributed by atoms with van der Waals surface area (Å²) in [5.41, 5.74) is -0.0432. The molecule has 0 atom stereocenters. The third kappa shape index (κ3) is 4.15. The zero-order chi connectivity index (χ0) is 18.1. The fourth-order valence-corrected chi connectivity index (χ4v) is 2.32. The number of aromatic nitrogens is 1. The first-order valence-electron chi connectivity index (χ1n) is 7.63. The molecule has 1 aromatic rings. The molecule has 0 aliphatic carbocycles. The van der Waals surface area contributed by atoms with Crippen LogP contribution in [-0.4, -0.2) is 35.8 Å². The molecule has 0 spiro atoms. The van der Waals surface area contributed by atoms with Gasteiger partial charge in [0.1, 0.15) is 11.0 Å². The summed E-state index contributed by atoms with van der Waals surface area (Å²) in [4.78, 5) is 15.1. The molecule has 1 saturated heterocycles. The van der Waals surface area contributed by atoms with Crippen molar-refractivity contribution in [1.82, 2.24) is 10.3 Å². The third-order valence-corrected chi connectivity index (χ3v) is 4.59. The zero-order valence-corrected chi connectivity index (χ0v) is 15.2. The second-order valence-electron chi connectivity index (χ2n) is 6.75. The number of nitrogens with zero attached hydrogens (tertiary/aromatic N) is 1. The summed E-state index contributed by atoms with van der Waals surface area (Å²) in [6.45, 7) is 9.33. The van der Waals surface area contributed by atoms with E-state index in [-0.39, 0.29) is 17.6 Å². The lowest BCUT2D eigenvalue weighted by molar-refractivity contribution is -0.118. The average molecular weight is 355 g/mol. The number of carbonyl (C=O) groups is 1. The lowest BCUT2D eigenvalue weighted by Crippen LogP contribution is -2.41. The van der Waals surface area contributed by atoms with Gasteiger partial charge in [-0.05, 0) is 39.2 Å². The number of hydrogen-bond acceptors (Lipinski definition) is 4. The second kappa shape index (κ2) is 6.82.